The maximum atomic E-state index is 12.4. The Morgan fingerprint density at radius 3 is 2.50 bits per heavy atom. The number of alkyl halides is 3. The number of methoxy groups -OCH3 is 1. The smallest absolute Gasteiger partial charge is 0.401 e. The van der Waals surface area contributed by atoms with Crippen molar-refractivity contribution >= 4 is 5.97 Å². The van der Waals surface area contributed by atoms with Crippen molar-refractivity contribution in [1.29, 1.82) is 0 Å². The van der Waals surface area contributed by atoms with Gasteiger partial charge in [0.25, 0.3) is 0 Å². The predicted molar refractivity (Wildman–Crippen MR) is 69.4 cm³/mol. The predicted octanol–water partition coefficient (Wildman–Crippen LogP) is 1.94. The van der Waals surface area contributed by atoms with Crippen molar-refractivity contribution in [2.75, 3.05) is 26.7 Å². The summed E-state index contributed by atoms with van der Waals surface area (Å²) in [5, 5.41) is 2.40. The van der Waals surface area contributed by atoms with Gasteiger partial charge in [-0.2, -0.15) is 13.2 Å². The number of hydrogen-bond acceptors (Lipinski definition) is 4. The largest absolute Gasteiger partial charge is 0.468 e. The van der Waals surface area contributed by atoms with Crippen LogP contribution in [0, 0.1) is 0 Å². The fourth-order valence-corrected chi connectivity index (χ4v) is 2.59. The molecule has 118 valence electrons. The second-order valence-electron chi connectivity index (χ2n) is 5.53. The van der Waals surface area contributed by atoms with E-state index in [2.05, 4.69) is 10.2 Å². The lowest BCUT2D eigenvalue weighted by Gasteiger charge is -2.32. The standard InChI is InChI=1S/C13H23F3N2O2/c1-10(2)18-7-4-5-12(6-8-18,11(19)20-3)17-9-13(14,15)16/h10,17H,4-9H2,1-3H3. The molecule has 1 unspecified atom stereocenters. The monoisotopic (exact) mass is 296 g/mol. The van der Waals surface area contributed by atoms with E-state index in [0.717, 1.165) is 6.54 Å². The summed E-state index contributed by atoms with van der Waals surface area (Å²) >= 11 is 0. The molecule has 1 saturated heterocycles. The van der Waals surface area contributed by atoms with Gasteiger partial charge in [0, 0.05) is 12.6 Å². The van der Waals surface area contributed by atoms with E-state index in [4.69, 9.17) is 4.74 Å². The first-order chi connectivity index (χ1) is 9.20. The molecule has 0 amide bonds. The lowest BCUT2D eigenvalue weighted by molar-refractivity contribution is -0.154. The molecule has 4 nitrogen and oxygen atoms in total. The van der Waals surface area contributed by atoms with Gasteiger partial charge < -0.3 is 9.64 Å². The number of rotatable bonds is 4. The molecule has 1 atom stereocenters. The van der Waals surface area contributed by atoms with Crippen LogP contribution in [-0.2, 0) is 9.53 Å². The molecular weight excluding hydrogens is 273 g/mol. The molecule has 20 heavy (non-hydrogen) atoms. The van der Waals surface area contributed by atoms with E-state index >= 15 is 0 Å². The van der Waals surface area contributed by atoms with Crippen molar-refractivity contribution in [3.8, 4) is 0 Å². The molecule has 0 bridgehead atoms. The minimum Gasteiger partial charge on any atom is -0.468 e. The van der Waals surface area contributed by atoms with Crippen LogP contribution in [0.2, 0.25) is 0 Å². The molecule has 1 fully saturated rings. The molecule has 0 aromatic heterocycles. The van der Waals surface area contributed by atoms with Gasteiger partial charge in [-0.3, -0.25) is 10.1 Å². The Hall–Kier alpha value is -0.820. The van der Waals surface area contributed by atoms with Crippen LogP contribution in [0.4, 0.5) is 13.2 Å². The average molecular weight is 296 g/mol. The van der Waals surface area contributed by atoms with Crippen LogP contribution in [0.15, 0.2) is 0 Å². The molecule has 1 aliphatic heterocycles. The Morgan fingerprint density at radius 1 is 1.35 bits per heavy atom. The highest BCUT2D eigenvalue weighted by Crippen LogP contribution is 2.26. The van der Waals surface area contributed by atoms with E-state index < -0.39 is 24.2 Å². The van der Waals surface area contributed by atoms with Crippen molar-refractivity contribution in [1.82, 2.24) is 10.2 Å². The third kappa shape index (κ3) is 4.63. The molecular formula is C13H23F3N2O2. The molecule has 7 heteroatoms. The molecule has 1 rings (SSSR count). The highest BCUT2D eigenvalue weighted by Gasteiger charge is 2.43. The Labute approximate surface area is 117 Å². The number of hydrogen-bond donors (Lipinski definition) is 1. The molecule has 1 aliphatic rings. The zero-order valence-corrected chi connectivity index (χ0v) is 12.2. The van der Waals surface area contributed by atoms with Crippen molar-refractivity contribution in [3.05, 3.63) is 0 Å². The van der Waals surface area contributed by atoms with E-state index in [9.17, 15) is 18.0 Å². The zero-order valence-electron chi connectivity index (χ0n) is 12.2. The van der Waals surface area contributed by atoms with E-state index in [1.54, 1.807) is 0 Å². The minimum atomic E-state index is -4.34. The summed E-state index contributed by atoms with van der Waals surface area (Å²) in [4.78, 5) is 14.1. The SMILES string of the molecule is COC(=O)C1(NCC(F)(F)F)CCCN(C(C)C)CC1. The highest BCUT2D eigenvalue weighted by atomic mass is 19.4. The molecule has 0 saturated carbocycles. The van der Waals surface area contributed by atoms with Crippen LogP contribution in [0.3, 0.4) is 0 Å². The number of carbonyl (C=O) groups is 1. The van der Waals surface area contributed by atoms with E-state index in [1.165, 1.54) is 7.11 Å². The average Bonchev–Trinajstić information content (AvgIpc) is 2.58. The molecule has 0 radical (unpaired) electrons. The van der Waals surface area contributed by atoms with Gasteiger partial charge in [0.05, 0.1) is 13.7 Å². The summed E-state index contributed by atoms with van der Waals surface area (Å²) in [6.07, 6.45) is -2.99. The van der Waals surface area contributed by atoms with Crippen molar-refractivity contribution < 1.29 is 22.7 Å². The van der Waals surface area contributed by atoms with E-state index in [1.807, 2.05) is 13.8 Å². The van der Waals surface area contributed by atoms with Gasteiger partial charge in [0.15, 0.2) is 0 Å². The molecule has 1 heterocycles. The summed E-state index contributed by atoms with van der Waals surface area (Å²) < 4.78 is 42.0. The first kappa shape index (κ1) is 17.2. The number of ether oxygens (including phenoxy) is 1. The van der Waals surface area contributed by atoms with Crippen LogP contribution in [-0.4, -0.2) is 55.4 Å². The fourth-order valence-electron chi connectivity index (χ4n) is 2.59. The molecule has 0 spiro atoms. The van der Waals surface area contributed by atoms with Crippen LogP contribution >= 0.6 is 0 Å². The third-order valence-electron chi connectivity index (χ3n) is 3.81. The van der Waals surface area contributed by atoms with E-state index in [0.29, 0.717) is 31.8 Å². The zero-order chi connectivity index (χ0) is 15.4. The number of carbonyl (C=O) groups excluding carboxylic acids is 1. The Bertz CT molecular complexity index is 334. The van der Waals surface area contributed by atoms with Gasteiger partial charge in [0.1, 0.15) is 5.54 Å². The first-order valence-electron chi connectivity index (χ1n) is 6.84. The van der Waals surface area contributed by atoms with E-state index in [-0.39, 0.29) is 0 Å². The van der Waals surface area contributed by atoms with Crippen LogP contribution in [0.5, 0.6) is 0 Å². The van der Waals surface area contributed by atoms with Crippen LogP contribution in [0.25, 0.3) is 0 Å². The normalized spacial score (nSPS) is 25.6. The quantitative estimate of drug-likeness (QED) is 0.805. The number of nitrogens with one attached hydrogen (secondary N) is 1. The van der Waals surface area contributed by atoms with Gasteiger partial charge >= 0.3 is 12.1 Å². The molecule has 0 aromatic carbocycles. The second kappa shape index (κ2) is 6.76. The minimum absolute atomic E-state index is 0.311. The number of halogens is 3. The number of likely N-dealkylation sites (tertiary alicyclic amines) is 1. The lowest BCUT2D eigenvalue weighted by atomic mass is 9.90. The summed E-state index contributed by atoms with van der Waals surface area (Å²) in [5.41, 5.74) is -1.23. The van der Waals surface area contributed by atoms with Gasteiger partial charge in [0.2, 0.25) is 0 Å². The van der Waals surface area contributed by atoms with Gasteiger partial charge in [-0.25, -0.2) is 0 Å². The Morgan fingerprint density at radius 2 is 2.00 bits per heavy atom. The topological polar surface area (TPSA) is 41.6 Å². The molecule has 0 aliphatic carbocycles. The Kier molecular flexibility index (Phi) is 5.82. The lowest BCUT2D eigenvalue weighted by Crippen LogP contribution is -2.55. The Balaban J connectivity index is 2.81. The maximum Gasteiger partial charge on any atom is 0.401 e. The van der Waals surface area contributed by atoms with Crippen molar-refractivity contribution in [2.24, 2.45) is 0 Å². The first-order valence-corrected chi connectivity index (χ1v) is 6.84. The maximum absolute atomic E-state index is 12.4. The molecule has 1 N–H and O–H groups in total. The van der Waals surface area contributed by atoms with Gasteiger partial charge in [-0.05, 0) is 39.7 Å². The van der Waals surface area contributed by atoms with Crippen LogP contribution < -0.4 is 5.32 Å². The van der Waals surface area contributed by atoms with Crippen molar-refractivity contribution in [3.63, 3.8) is 0 Å². The third-order valence-corrected chi connectivity index (χ3v) is 3.81. The summed E-state index contributed by atoms with van der Waals surface area (Å²) in [7, 11) is 1.21. The summed E-state index contributed by atoms with van der Waals surface area (Å²) in [6, 6.07) is 0.311. The van der Waals surface area contributed by atoms with Crippen LogP contribution in [0.1, 0.15) is 33.1 Å². The van der Waals surface area contributed by atoms with Crippen molar-refractivity contribution in [2.45, 2.75) is 50.9 Å². The second-order valence-corrected chi connectivity index (χ2v) is 5.53. The van der Waals surface area contributed by atoms with Gasteiger partial charge in [-0.15, -0.1) is 0 Å². The number of esters is 1. The molecule has 0 aromatic rings. The summed E-state index contributed by atoms with van der Waals surface area (Å²) in [5.74, 6) is -0.604. The highest BCUT2D eigenvalue weighted by molar-refractivity contribution is 5.80. The fraction of sp³-hybridized carbons (Fsp3) is 0.923. The number of nitrogens with zero attached hydrogens (tertiary/aromatic N) is 1. The van der Waals surface area contributed by atoms with Gasteiger partial charge in [-0.1, -0.05) is 0 Å². The summed E-state index contributed by atoms with van der Waals surface area (Å²) in [6.45, 7) is 4.26.